The topological polar surface area (TPSA) is 125 Å². The van der Waals surface area contributed by atoms with Gasteiger partial charge >= 0.3 is 6.18 Å². The molecular formula is C15H10F4N4O3S. The smallest absolute Gasteiger partial charge is 0.298 e. The van der Waals surface area contributed by atoms with Crippen molar-refractivity contribution >= 4 is 21.6 Å². The highest BCUT2D eigenvalue weighted by Gasteiger charge is 2.34. The van der Waals surface area contributed by atoms with Crippen LogP contribution in [0.3, 0.4) is 0 Å². The van der Waals surface area contributed by atoms with Crippen molar-refractivity contribution < 1.29 is 30.8 Å². The van der Waals surface area contributed by atoms with E-state index in [2.05, 4.69) is 0 Å². The average Bonchev–Trinajstić information content (AvgIpc) is 2.58. The summed E-state index contributed by atoms with van der Waals surface area (Å²) in [5.74, 6) is -2.23. The van der Waals surface area contributed by atoms with Gasteiger partial charge in [0.2, 0.25) is 10.0 Å². The molecule has 0 aliphatic heterocycles. The molecule has 0 atom stereocenters. The summed E-state index contributed by atoms with van der Waals surface area (Å²) in [5.41, 5.74) is 1.61. The lowest BCUT2D eigenvalue weighted by Gasteiger charge is -2.15. The maximum absolute atomic E-state index is 13.5. The van der Waals surface area contributed by atoms with Crippen LogP contribution in [-0.4, -0.2) is 14.3 Å². The summed E-state index contributed by atoms with van der Waals surface area (Å²) >= 11 is 0. The lowest BCUT2D eigenvalue weighted by atomic mass is 10.1. The number of alkyl halides is 3. The van der Waals surface area contributed by atoms with E-state index in [1.165, 1.54) is 0 Å². The van der Waals surface area contributed by atoms with Crippen LogP contribution in [0.1, 0.15) is 21.5 Å². The maximum atomic E-state index is 13.5. The van der Waals surface area contributed by atoms with Gasteiger partial charge in [-0.2, -0.15) is 18.4 Å². The predicted octanol–water partition coefficient (Wildman–Crippen LogP) is 2.12. The zero-order valence-corrected chi connectivity index (χ0v) is 14.0. The van der Waals surface area contributed by atoms with Gasteiger partial charge in [-0.15, -0.1) is 0 Å². The molecule has 0 aromatic heterocycles. The lowest BCUT2D eigenvalue weighted by Crippen LogP contribution is -2.31. The van der Waals surface area contributed by atoms with E-state index >= 15 is 0 Å². The average molecular weight is 402 g/mol. The third-order valence-electron chi connectivity index (χ3n) is 3.26. The van der Waals surface area contributed by atoms with Gasteiger partial charge in [0.1, 0.15) is 10.7 Å². The molecule has 2 rings (SSSR count). The van der Waals surface area contributed by atoms with Crippen molar-refractivity contribution in [2.24, 2.45) is 5.14 Å². The molecule has 0 saturated carbocycles. The van der Waals surface area contributed by atoms with E-state index in [1.807, 2.05) is 10.9 Å². The summed E-state index contributed by atoms with van der Waals surface area (Å²) in [5, 5.41) is 13.5. The number of hydrazine groups is 1. The summed E-state index contributed by atoms with van der Waals surface area (Å²) in [7, 11) is -4.45. The summed E-state index contributed by atoms with van der Waals surface area (Å²) in [6.07, 6.45) is -4.81. The van der Waals surface area contributed by atoms with Crippen LogP contribution >= 0.6 is 0 Å². The molecule has 0 heterocycles. The van der Waals surface area contributed by atoms with E-state index in [9.17, 15) is 30.8 Å². The molecule has 142 valence electrons. The Labute approximate surface area is 150 Å². The number of hydrogen-bond donors (Lipinski definition) is 3. The summed E-state index contributed by atoms with van der Waals surface area (Å²) in [6.45, 7) is 0. The number of benzene rings is 2. The molecule has 2 aromatic rings. The molecular weight excluding hydrogens is 392 g/mol. The van der Waals surface area contributed by atoms with Crippen molar-refractivity contribution in [3.8, 4) is 6.07 Å². The molecule has 0 unspecified atom stereocenters. The number of carbonyl (C=O) groups is 1. The molecule has 2 aromatic carbocycles. The van der Waals surface area contributed by atoms with E-state index in [0.29, 0.717) is 18.2 Å². The molecule has 0 spiro atoms. The quantitative estimate of drug-likeness (QED) is 0.534. The molecule has 0 fully saturated rings. The molecule has 0 aliphatic carbocycles. The van der Waals surface area contributed by atoms with E-state index in [4.69, 9.17) is 10.4 Å². The Kier molecular flexibility index (Phi) is 5.38. The maximum Gasteiger partial charge on any atom is 0.418 e. The van der Waals surface area contributed by atoms with Gasteiger partial charge < -0.3 is 0 Å². The third-order valence-corrected chi connectivity index (χ3v) is 4.19. The first-order chi connectivity index (χ1) is 12.4. The Morgan fingerprint density at radius 1 is 1.15 bits per heavy atom. The second-order valence-electron chi connectivity index (χ2n) is 5.14. The largest absolute Gasteiger partial charge is 0.418 e. The molecule has 4 N–H and O–H groups in total. The van der Waals surface area contributed by atoms with E-state index in [1.54, 1.807) is 6.07 Å². The highest BCUT2D eigenvalue weighted by Crippen LogP contribution is 2.35. The fourth-order valence-electron chi connectivity index (χ4n) is 2.02. The van der Waals surface area contributed by atoms with Crippen molar-refractivity contribution in [1.82, 2.24) is 5.43 Å². The van der Waals surface area contributed by atoms with Gasteiger partial charge in [-0.3, -0.25) is 15.6 Å². The minimum atomic E-state index is -4.81. The minimum Gasteiger partial charge on any atom is -0.298 e. The van der Waals surface area contributed by atoms with Crippen LogP contribution in [0.4, 0.5) is 23.2 Å². The number of nitriles is 1. The third kappa shape index (κ3) is 4.72. The van der Waals surface area contributed by atoms with Gasteiger partial charge in [0, 0.05) is 5.56 Å². The van der Waals surface area contributed by atoms with E-state index in [0.717, 1.165) is 18.2 Å². The first-order valence-electron chi connectivity index (χ1n) is 6.93. The van der Waals surface area contributed by atoms with Gasteiger partial charge in [0.05, 0.1) is 22.9 Å². The van der Waals surface area contributed by atoms with Crippen molar-refractivity contribution in [1.29, 1.82) is 5.26 Å². The Hall–Kier alpha value is -3.17. The number of amides is 1. The second kappa shape index (κ2) is 7.22. The number of primary sulfonamides is 1. The zero-order chi connectivity index (χ0) is 20.4. The fraction of sp³-hybridized carbons (Fsp3) is 0.0667. The van der Waals surface area contributed by atoms with Crippen LogP contribution in [0, 0.1) is 17.1 Å². The number of halogens is 4. The Balaban J connectivity index is 2.28. The second-order valence-corrected chi connectivity index (χ2v) is 6.67. The number of anilines is 1. The van der Waals surface area contributed by atoms with Gasteiger partial charge in [0.15, 0.2) is 0 Å². The first-order valence-corrected chi connectivity index (χ1v) is 8.48. The molecule has 27 heavy (non-hydrogen) atoms. The number of nitrogens with one attached hydrogen (secondary N) is 2. The molecule has 0 aliphatic rings. The predicted molar refractivity (Wildman–Crippen MR) is 85.0 cm³/mol. The number of sulfonamides is 1. The standard InChI is InChI=1S/C15H10F4N4O3S/c16-11-3-2-9(6-13(11)27(21,25)26)14(24)23-22-12-4-1-8(7-20)5-10(12)15(17,18)19/h1-6,22H,(H,23,24)(H2,21,25,26). The minimum absolute atomic E-state index is 0.240. The monoisotopic (exact) mass is 402 g/mol. The molecule has 12 heteroatoms. The van der Waals surface area contributed by atoms with Crippen LogP contribution in [0.5, 0.6) is 0 Å². The molecule has 0 saturated heterocycles. The van der Waals surface area contributed by atoms with Crippen LogP contribution in [0.25, 0.3) is 0 Å². The summed E-state index contributed by atoms with van der Waals surface area (Å²) in [6, 6.07) is 6.43. The van der Waals surface area contributed by atoms with E-state index < -0.39 is 44.1 Å². The van der Waals surface area contributed by atoms with Crippen LogP contribution < -0.4 is 16.0 Å². The highest BCUT2D eigenvalue weighted by molar-refractivity contribution is 7.89. The van der Waals surface area contributed by atoms with Gasteiger partial charge in [-0.05, 0) is 36.4 Å². The number of hydrogen-bond acceptors (Lipinski definition) is 5. The van der Waals surface area contributed by atoms with Crippen molar-refractivity contribution in [3.63, 3.8) is 0 Å². The van der Waals surface area contributed by atoms with Crippen molar-refractivity contribution in [3.05, 3.63) is 58.9 Å². The molecule has 0 bridgehead atoms. The Morgan fingerprint density at radius 3 is 2.37 bits per heavy atom. The van der Waals surface area contributed by atoms with Crippen molar-refractivity contribution in [2.45, 2.75) is 11.1 Å². The lowest BCUT2D eigenvalue weighted by molar-refractivity contribution is -0.137. The SMILES string of the molecule is N#Cc1ccc(NNC(=O)c2ccc(F)c(S(N)(=O)=O)c2)c(C(F)(F)F)c1. The number of nitrogens with two attached hydrogens (primary N) is 1. The molecule has 7 nitrogen and oxygen atoms in total. The highest BCUT2D eigenvalue weighted by atomic mass is 32.2. The zero-order valence-electron chi connectivity index (χ0n) is 13.1. The van der Waals surface area contributed by atoms with Gasteiger partial charge in [0.25, 0.3) is 5.91 Å². The normalized spacial score (nSPS) is 11.6. The number of carbonyl (C=O) groups excluding carboxylic acids is 1. The van der Waals surface area contributed by atoms with Crippen LogP contribution in [0.15, 0.2) is 41.3 Å². The van der Waals surface area contributed by atoms with Crippen LogP contribution in [-0.2, 0) is 16.2 Å². The van der Waals surface area contributed by atoms with Gasteiger partial charge in [-0.1, -0.05) is 0 Å². The van der Waals surface area contributed by atoms with E-state index in [-0.39, 0.29) is 11.1 Å². The van der Waals surface area contributed by atoms with Crippen molar-refractivity contribution in [2.75, 3.05) is 5.43 Å². The fourth-order valence-corrected chi connectivity index (χ4v) is 2.65. The summed E-state index contributed by atoms with van der Waals surface area (Å²) in [4.78, 5) is 11.1. The molecule has 0 radical (unpaired) electrons. The summed E-state index contributed by atoms with van der Waals surface area (Å²) < 4.78 is 75.2. The van der Waals surface area contributed by atoms with Gasteiger partial charge in [-0.25, -0.2) is 17.9 Å². The Morgan fingerprint density at radius 2 is 1.81 bits per heavy atom. The number of rotatable bonds is 4. The molecule has 1 amide bonds. The number of nitrogens with zero attached hydrogens (tertiary/aromatic N) is 1. The van der Waals surface area contributed by atoms with Crippen LogP contribution in [0.2, 0.25) is 0 Å². The first kappa shape index (κ1) is 20.1. The Bertz CT molecular complexity index is 1050.